The highest BCUT2D eigenvalue weighted by Gasteiger charge is 2.23. The van der Waals surface area contributed by atoms with Crippen LogP contribution < -0.4 is 35.4 Å². The van der Waals surface area contributed by atoms with Crippen LogP contribution in [0.5, 0.6) is 0 Å². The molecule has 5 N–H and O–H groups in total. The van der Waals surface area contributed by atoms with Gasteiger partial charge in [0.2, 0.25) is 0 Å². The fourth-order valence-corrected chi connectivity index (χ4v) is 1.37. The van der Waals surface area contributed by atoms with Gasteiger partial charge in [0.15, 0.2) is 0 Å². The quantitative estimate of drug-likeness (QED) is 0.255. The summed E-state index contributed by atoms with van der Waals surface area (Å²) in [5.74, 6) is 0.330. The highest BCUT2D eigenvalue weighted by Crippen LogP contribution is 2.10. The first kappa shape index (κ1) is 11.0. The summed E-state index contributed by atoms with van der Waals surface area (Å²) < 4.78 is 1.85. The molecule has 11 heavy (non-hydrogen) atoms. The molecule has 0 aromatic carbocycles. The van der Waals surface area contributed by atoms with E-state index in [0.717, 1.165) is 19.4 Å². The average Bonchev–Trinajstić information content (AvgIpc) is 2.33. The van der Waals surface area contributed by atoms with Gasteiger partial charge in [0.25, 0.3) is 0 Å². The standard InChI is InChI=1S/C6H13N3O.HI/c7-6(8)9-3-1-2-5(9)4-10;/h5,10H,1-4H2,(H3,7,8);1H. The van der Waals surface area contributed by atoms with Crippen LogP contribution in [0.2, 0.25) is 0 Å². The van der Waals surface area contributed by atoms with Crippen LogP contribution >= 0.6 is 0 Å². The molecule has 4 nitrogen and oxygen atoms in total. The Morgan fingerprint density at radius 1 is 1.55 bits per heavy atom. The molecule has 0 amide bonds. The summed E-state index contributed by atoms with van der Waals surface area (Å²) in [5.41, 5.74) is 10.7. The number of aliphatic hydroxyl groups is 1. The number of aliphatic hydroxyl groups excluding tert-OH is 1. The van der Waals surface area contributed by atoms with Gasteiger partial charge in [0, 0.05) is 0 Å². The molecule has 1 saturated heterocycles. The molecule has 1 fully saturated rings. The van der Waals surface area contributed by atoms with Gasteiger partial charge in [-0.2, -0.15) is 0 Å². The van der Waals surface area contributed by atoms with Gasteiger partial charge in [-0.05, 0) is 12.8 Å². The number of nitrogens with two attached hydrogens (primary N) is 2. The lowest BCUT2D eigenvalue weighted by molar-refractivity contribution is -0.548. The first-order valence-corrected chi connectivity index (χ1v) is 3.51. The number of halogens is 1. The Hall–Kier alpha value is -0.0400. The smallest absolute Gasteiger partial charge is 0.341 e. The summed E-state index contributed by atoms with van der Waals surface area (Å²) in [5, 5.41) is 8.82. The minimum Gasteiger partial charge on any atom is -1.00 e. The fourth-order valence-electron chi connectivity index (χ4n) is 1.37. The van der Waals surface area contributed by atoms with Crippen LogP contribution in [0.15, 0.2) is 0 Å². The lowest BCUT2D eigenvalue weighted by Gasteiger charge is -2.07. The lowest BCUT2D eigenvalue weighted by atomic mass is 10.2. The molecule has 0 spiro atoms. The third-order valence-corrected chi connectivity index (χ3v) is 1.92. The zero-order chi connectivity index (χ0) is 7.56. The molecule has 0 aliphatic carbocycles. The molecule has 0 radical (unpaired) electrons. The van der Waals surface area contributed by atoms with Gasteiger partial charge in [-0.3, -0.25) is 16.0 Å². The van der Waals surface area contributed by atoms with Crippen molar-refractivity contribution in [1.82, 2.24) is 0 Å². The van der Waals surface area contributed by atoms with Crippen LogP contribution in [0.3, 0.4) is 0 Å². The monoisotopic (exact) mass is 271 g/mol. The molecule has 1 rings (SSSR count). The highest BCUT2D eigenvalue weighted by molar-refractivity contribution is 5.70. The molecule has 0 bridgehead atoms. The predicted octanol–water partition coefficient (Wildman–Crippen LogP) is -4.57. The van der Waals surface area contributed by atoms with Crippen molar-refractivity contribution in [2.45, 2.75) is 18.9 Å². The third kappa shape index (κ3) is 2.48. The van der Waals surface area contributed by atoms with Crippen molar-refractivity contribution in [2.24, 2.45) is 11.5 Å². The zero-order valence-corrected chi connectivity index (χ0v) is 8.49. The van der Waals surface area contributed by atoms with E-state index < -0.39 is 0 Å². The van der Waals surface area contributed by atoms with Crippen LogP contribution in [0, 0.1) is 0 Å². The second-order valence-electron chi connectivity index (χ2n) is 2.60. The van der Waals surface area contributed by atoms with E-state index in [9.17, 15) is 0 Å². The van der Waals surface area contributed by atoms with Crippen LogP contribution in [0.25, 0.3) is 0 Å². The van der Waals surface area contributed by atoms with Crippen molar-refractivity contribution >= 4 is 5.96 Å². The topological polar surface area (TPSA) is 75.3 Å². The molecular formula is C6H14IN3O. The summed E-state index contributed by atoms with van der Waals surface area (Å²) in [7, 11) is 0. The summed E-state index contributed by atoms with van der Waals surface area (Å²) in [6.45, 7) is 1.03. The van der Waals surface area contributed by atoms with Crippen LogP contribution in [-0.2, 0) is 0 Å². The normalized spacial score (nSPS) is 23.0. The summed E-state index contributed by atoms with van der Waals surface area (Å²) in [6.07, 6.45) is 2.07. The maximum absolute atomic E-state index is 8.82. The second kappa shape index (κ2) is 4.76. The number of guanidine groups is 1. The van der Waals surface area contributed by atoms with Crippen molar-refractivity contribution < 1.29 is 33.7 Å². The maximum Gasteiger partial charge on any atom is 0.341 e. The first-order chi connectivity index (χ1) is 4.75. The number of rotatable bonds is 1. The van der Waals surface area contributed by atoms with Crippen molar-refractivity contribution in [3.05, 3.63) is 0 Å². The Bertz CT molecular complexity index is 156. The molecule has 5 heteroatoms. The summed E-state index contributed by atoms with van der Waals surface area (Å²) in [6, 6.07) is 0.157. The zero-order valence-electron chi connectivity index (χ0n) is 6.33. The Labute approximate surface area is 83.3 Å². The van der Waals surface area contributed by atoms with E-state index in [2.05, 4.69) is 0 Å². The van der Waals surface area contributed by atoms with Crippen LogP contribution in [0.4, 0.5) is 0 Å². The van der Waals surface area contributed by atoms with E-state index in [1.165, 1.54) is 0 Å². The maximum atomic E-state index is 8.82. The minimum atomic E-state index is 0. The van der Waals surface area contributed by atoms with Crippen molar-refractivity contribution in [3.8, 4) is 0 Å². The molecule has 0 aromatic rings. The molecular weight excluding hydrogens is 257 g/mol. The van der Waals surface area contributed by atoms with Gasteiger partial charge in [-0.1, -0.05) is 0 Å². The summed E-state index contributed by atoms with van der Waals surface area (Å²) >= 11 is 0. The lowest BCUT2D eigenvalue weighted by Crippen LogP contribution is -3.00. The van der Waals surface area contributed by atoms with E-state index in [-0.39, 0.29) is 36.6 Å². The van der Waals surface area contributed by atoms with Gasteiger partial charge in [0.05, 0.1) is 13.2 Å². The van der Waals surface area contributed by atoms with Crippen LogP contribution in [-0.4, -0.2) is 34.8 Å². The van der Waals surface area contributed by atoms with Crippen molar-refractivity contribution in [3.63, 3.8) is 0 Å². The Morgan fingerprint density at radius 3 is 2.55 bits per heavy atom. The van der Waals surface area contributed by atoms with Gasteiger partial charge in [-0.25, -0.2) is 0 Å². The van der Waals surface area contributed by atoms with Gasteiger partial charge in [-0.15, -0.1) is 0 Å². The van der Waals surface area contributed by atoms with Gasteiger partial charge < -0.3 is 29.1 Å². The Balaban J connectivity index is 0.000001000. The Morgan fingerprint density at radius 2 is 2.18 bits per heavy atom. The van der Waals surface area contributed by atoms with E-state index in [0.29, 0.717) is 5.96 Å². The van der Waals surface area contributed by atoms with Gasteiger partial charge >= 0.3 is 5.96 Å². The molecule has 1 unspecified atom stereocenters. The molecule has 0 saturated carbocycles. The van der Waals surface area contributed by atoms with E-state index in [4.69, 9.17) is 16.6 Å². The van der Waals surface area contributed by atoms with E-state index >= 15 is 0 Å². The molecule has 1 aliphatic heterocycles. The first-order valence-electron chi connectivity index (χ1n) is 3.51. The number of nitrogens with zero attached hydrogens (tertiary/aromatic N) is 1. The van der Waals surface area contributed by atoms with E-state index in [1.807, 2.05) is 4.58 Å². The number of hydrogen-bond acceptors (Lipinski definition) is 1. The highest BCUT2D eigenvalue weighted by atomic mass is 127. The number of hydrogen-bond donors (Lipinski definition) is 3. The fraction of sp³-hybridized carbons (Fsp3) is 0.833. The minimum absolute atomic E-state index is 0. The Kier molecular flexibility index (Phi) is 4.74. The molecule has 1 aliphatic rings. The van der Waals surface area contributed by atoms with Crippen molar-refractivity contribution in [1.29, 1.82) is 0 Å². The largest absolute Gasteiger partial charge is 1.00 e. The molecule has 1 atom stereocenters. The van der Waals surface area contributed by atoms with Crippen molar-refractivity contribution in [2.75, 3.05) is 13.2 Å². The van der Waals surface area contributed by atoms with Gasteiger partial charge in [0.1, 0.15) is 6.04 Å². The van der Waals surface area contributed by atoms with E-state index in [1.54, 1.807) is 0 Å². The molecule has 66 valence electrons. The molecule has 0 aromatic heterocycles. The SMILES string of the molecule is NC(N)=[N+]1CCCC1CO.[I-]. The second-order valence-corrected chi connectivity index (χ2v) is 2.60. The summed E-state index contributed by atoms with van der Waals surface area (Å²) in [4.78, 5) is 0. The average molecular weight is 271 g/mol. The predicted molar refractivity (Wildman–Crippen MR) is 38.6 cm³/mol. The third-order valence-electron chi connectivity index (χ3n) is 1.92. The van der Waals surface area contributed by atoms with Crippen LogP contribution in [0.1, 0.15) is 12.8 Å². The molecule has 1 heterocycles.